The van der Waals surface area contributed by atoms with Gasteiger partial charge in [0.2, 0.25) is 11.8 Å². The normalized spacial score (nSPS) is 18.4. The van der Waals surface area contributed by atoms with E-state index in [-0.39, 0.29) is 18.2 Å². The Morgan fingerprint density at radius 2 is 0.672 bits per heavy atom. The Bertz CT molecular complexity index is 7240. The molecule has 678 valence electrons. The number of carbonyl (C=O) groups is 1. The van der Waals surface area contributed by atoms with E-state index in [4.69, 9.17) is 63.2 Å². The summed E-state index contributed by atoms with van der Waals surface area (Å²) in [5, 5.41) is 30.5. The molecule has 134 heavy (non-hydrogen) atoms. The first-order valence-corrected chi connectivity index (χ1v) is 47.1. The van der Waals surface area contributed by atoms with Crippen LogP contribution in [-0.2, 0) is 17.6 Å². The number of halogens is 2. The third-order valence-electron chi connectivity index (χ3n) is 26.5. The summed E-state index contributed by atoms with van der Waals surface area (Å²) in [7, 11) is 0. The van der Waals surface area contributed by atoms with Crippen molar-refractivity contribution in [1.29, 1.82) is 0 Å². The maximum atomic E-state index is 11.7. The molecule has 14 aromatic heterocycles. The lowest BCUT2D eigenvalue weighted by Crippen LogP contribution is -2.26. The number of hydrogen-bond donors (Lipinski definition) is 8. The number of Topliss-reactive ketones (excluding diaryl/α,β-unsaturated/α-hetero) is 1. The van der Waals surface area contributed by atoms with Crippen molar-refractivity contribution in [2.75, 3.05) is 29.5 Å². The maximum absolute atomic E-state index is 11.7. The summed E-state index contributed by atoms with van der Waals surface area (Å²) in [6, 6.07) is 60.9. The summed E-state index contributed by atoms with van der Waals surface area (Å²) >= 11 is 7.35. The number of hydrogen-bond acceptors (Lipinski definition) is 25. The molecule has 14 N–H and O–H groups in total. The molecule has 0 amide bonds. The van der Waals surface area contributed by atoms with E-state index in [2.05, 4.69) is 123 Å². The summed E-state index contributed by atoms with van der Waals surface area (Å²) < 4.78 is 18.5. The Kier molecular flexibility index (Phi) is 26.5. The summed E-state index contributed by atoms with van der Waals surface area (Å²) in [5.41, 5.74) is 59.6. The fourth-order valence-electron chi connectivity index (χ4n) is 19.1. The highest BCUT2D eigenvalue weighted by molar-refractivity contribution is 9.11. The minimum absolute atomic E-state index is 0.139. The van der Waals surface area contributed by atoms with Gasteiger partial charge in [-0.15, -0.1) is 10.2 Å². The first-order chi connectivity index (χ1) is 65.4. The van der Waals surface area contributed by atoms with Crippen LogP contribution < -0.4 is 45.9 Å². The van der Waals surface area contributed by atoms with Crippen molar-refractivity contribution in [3.63, 3.8) is 0 Å². The van der Waals surface area contributed by atoms with E-state index >= 15 is 0 Å². The molecule has 14 heterocycles. The molecular weight excluding hydrogens is 1820 g/mol. The molecule has 4 aliphatic rings. The van der Waals surface area contributed by atoms with E-state index < -0.39 is 11.5 Å². The molecule has 4 aliphatic carbocycles. The molecule has 22 rings (SSSR count). The van der Waals surface area contributed by atoms with Gasteiger partial charge in [-0.1, -0.05) is 146 Å². The van der Waals surface area contributed by atoms with Gasteiger partial charge in [0.1, 0.15) is 29.1 Å². The number of ketones is 1. The average Bonchev–Trinajstić information content (AvgIpc) is 1.64. The minimum Gasteiger partial charge on any atom is -0.392 e. The average molecular weight is 1920 g/mol. The topological polar surface area (TPSA) is 463 Å². The van der Waals surface area contributed by atoms with Crippen LogP contribution in [0.15, 0.2) is 259 Å². The van der Waals surface area contributed by atoms with Crippen molar-refractivity contribution in [2.45, 2.75) is 152 Å². The van der Waals surface area contributed by atoms with E-state index in [1.165, 1.54) is 0 Å². The van der Waals surface area contributed by atoms with Gasteiger partial charge in [-0.2, -0.15) is 38.5 Å². The molecule has 0 radical (unpaired) electrons. The summed E-state index contributed by atoms with van der Waals surface area (Å²) in [4.78, 5) is 72.8. The number of rotatable bonds is 19. The van der Waals surface area contributed by atoms with Gasteiger partial charge in [0.25, 0.3) is 0 Å². The van der Waals surface area contributed by atoms with Crippen LogP contribution in [0.5, 0.6) is 0 Å². The van der Waals surface area contributed by atoms with Gasteiger partial charge in [0, 0.05) is 164 Å². The van der Waals surface area contributed by atoms with Gasteiger partial charge in [-0.3, -0.25) is 24.7 Å². The van der Waals surface area contributed by atoms with Crippen molar-refractivity contribution in [1.82, 2.24) is 98.7 Å². The smallest absolute Gasteiger partial charge is 0.392 e. The van der Waals surface area contributed by atoms with Crippen LogP contribution in [0.4, 0.5) is 23.3 Å². The summed E-state index contributed by atoms with van der Waals surface area (Å²) in [6.07, 6.45) is 32.7. The fourth-order valence-corrected chi connectivity index (χ4v) is 20.3. The maximum Gasteiger partial charge on any atom is 0.434 e. The molecule has 4 saturated carbocycles. The van der Waals surface area contributed by atoms with E-state index in [1.54, 1.807) is 36.7 Å². The van der Waals surface area contributed by atoms with Crippen LogP contribution in [0, 0.1) is 17.8 Å². The van der Waals surface area contributed by atoms with Crippen LogP contribution in [0.3, 0.4) is 0 Å². The number of nitrogens with one attached hydrogen (secondary N) is 2. The van der Waals surface area contributed by atoms with Gasteiger partial charge < -0.3 is 43.2 Å². The van der Waals surface area contributed by atoms with E-state index in [0.717, 1.165) is 247 Å². The Balaban J connectivity index is 0.000000115. The Labute approximate surface area is 786 Å². The predicted molar refractivity (Wildman–Crippen MR) is 523 cm³/mol. The van der Waals surface area contributed by atoms with E-state index in [9.17, 15) is 14.4 Å². The number of H-pyrrole nitrogens is 2. The van der Waals surface area contributed by atoms with Crippen molar-refractivity contribution in [3.8, 4) is 89.5 Å². The number of aromatic nitrogens is 20. The molecule has 0 saturated heterocycles. The van der Waals surface area contributed by atoms with Crippen molar-refractivity contribution in [3.05, 3.63) is 296 Å². The number of aromatic amines is 2. The molecule has 31 nitrogen and oxygen atoms in total. The highest BCUT2D eigenvalue weighted by Gasteiger charge is 2.33. The Morgan fingerprint density at radius 1 is 0.366 bits per heavy atom. The standard InChI is InChI=1S/C26H24BrN7O2.C26H25N7O2.C26H28N6O.C23H23BrN6/c27-22-23(17-8-6-15(7-9-17)12-21-32-33-26(35)36-21)31-25-19(14-30-34(25)24(22)28)18-10-11-20(29-13-18)16-4-2-1-3-5-16;27-23-13-22(18-8-6-16(7-9-18)12-24-31-32-26(34)35-24)30-25-20(15-29-33(23)25)19-10-11-21(28-14-19)17-4-2-1-3-5-17;27-14-21(33)12-17-6-8-19(9-7-17)24-13-25(28)32-26(31-24)22(16-30-32)20-10-11-23(29-15-20)18-4-2-1-3-5-18;24-20-21(15-6-9-17(25)10-7-15)29-23-18(13-28-30(23)22(20)26)16-8-11-19(27-12-16)14-4-2-1-3-5-14/h1-5,10-11,13-15,17H,6-9,12,28H2,(H,33,35);1-5,10-11,13-16,18H,6-9,12,27H2,(H,32,34);1-5,10-11,13,15-17,19H,6-9,12,14,27-28H2;1-5,8,11-13,15,17H,6-7,9-10,25-26H2. The number of nitrogens with zero attached hydrogens (tertiary/aromatic N) is 18. The molecule has 0 unspecified atom stereocenters. The molecular formula is C101H100Br2N26O5. The van der Waals surface area contributed by atoms with Crippen LogP contribution in [0.25, 0.3) is 112 Å². The number of benzene rings is 4. The van der Waals surface area contributed by atoms with Crippen LogP contribution in [0.1, 0.15) is 167 Å². The first kappa shape index (κ1) is 88.8. The summed E-state index contributed by atoms with van der Waals surface area (Å²) in [6.45, 7) is 0.139. The number of nitrogen functional groups attached to an aromatic ring is 4. The zero-order chi connectivity index (χ0) is 91.9. The second-order valence-electron chi connectivity index (χ2n) is 35.1. The third kappa shape index (κ3) is 19.6. The van der Waals surface area contributed by atoms with Crippen LogP contribution in [-0.4, -0.2) is 117 Å². The number of nitrogens with two attached hydrogens (primary N) is 6. The van der Waals surface area contributed by atoms with Crippen molar-refractivity contribution in [2.24, 2.45) is 29.2 Å². The summed E-state index contributed by atoms with van der Waals surface area (Å²) in [5.74, 6) is 4.96. The monoisotopic (exact) mass is 1910 g/mol. The van der Waals surface area contributed by atoms with Gasteiger partial charge in [-0.25, -0.2) is 39.7 Å². The molecule has 0 aliphatic heterocycles. The number of anilines is 4. The predicted octanol–water partition coefficient (Wildman–Crippen LogP) is 18.2. The van der Waals surface area contributed by atoms with Gasteiger partial charge >= 0.3 is 11.5 Å². The SMILES string of the molecule is NCC(=O)CC1CCC(c2cc(N)n3ncc(-c4ccc(-c5ccccc5)nc4)c3n2)CC1.Nc1c(Br)c(C2CCC(Cc3n[nH]c(=O)o3)CC2)nc2c(-c3ccc(-c4ccccc4)nc3)cnn12.Nc1c(Br)c(C2CCC(N)CC2)nc2c(-c3ccc(-c4ccccc4)nc3)cnn12.Nc1cc(C2CCC(Cc3n[nH]c(=O)o3)CC2)nc2c(-c3ccc(-c4ccccc4)nc3)cnn12. The quantitative estimate of drug-likeness (QED) is 0.0373. The van der Waals surface area contributed by atoms with Gasteiger partial charge in [0.05, 0.1) is 74.4 Å². The largest absolute Gasteiger partial charge is 0.434 e. The second-order valence-corrected chi connectivity index (χ2v) is 36.7. The zero-order valence-corrected chi connectivity index (χ0v) is 76.7. The highest BCUT2D eigenvalue weighted by Crippen LogP contribution is 2.45. The van der Waals surface area contributed by atoms with Crippen LogP contribution >= 0.6 is 31.9 Å². The van der Waals surface area contributed by atoms with Crippen molar-refractivity contribution >= 4 is 83.5 Å². The second kappa shape index (κ2) is 40.0. The fraction of sp³-hybridized carbons (Fsp3) is 0.277. The molecule has 4 aromatic carbocycles. The number of pyridine rings is 4. The van der Waals surface area contributed by atoms with E-state index in [1.807, 2.05) is 183 Å². The number of carbonyl (C=O) groups excluding carboxylic acids is 1. The number of fused-ring (bicyclic) bond motifs is 4. The van der Waals surface area contributed by atoms with Crippen LogP contribution in [0.2, 0.25) is 0 Å². The molecule has 33 heteroatoms. The van der Waals surface area contributed by atoms with E-state index in [0.29, 0.717) is 95.9 Å². The third-order valence-corrected chi connectivity index (χ3v) is 28.1. The van der Waals surface area contributed by atoms with Gasteiger partial charge in [-0.05, 0) is 177 Å². The van der Waals surface area contributed by atoms with Gasteiger partial charge in [0.15, 0.2) is 22.6 Å². The first-order valence-electron chi connectivity index (χ1n) is 45.5. The molecule has 0 atom stereocenters. The zero-order valence-electron chi connectivity index (χ0n) is 73.5. The molecule has 0 bridgehead atoms. The lowest BCUT2D eigenvalue weighted by Gasteiger charge is -2.28. The molecule has 4 fully saturated rings. The van der Waals surface area contributed by atoms with Crippen molar-refractivity contribution < 1.29 is 13.6 Å². The Morgan fingerprint density at radius 3 is 0.978 bits per heavy atom. The lowest BCUT2D eigenvalue weighted by atomic mass is 9.78. The highest BCUT2D eigenvalue weighted by atomic mass is 79.9. The molecule has 0 spiro atoms. The lowest BCUT2D eigenvalue weighted by molar-refractivity contribution is -0.118. The minimum atomic E-state index is -0.503. The molecule has 18 aromatic rings. The Hall–Kier alpha value is -14.4.